The first kappa shape index (κ1) is 16.4. The highest BCUT2D eigenvalue weighted by Crippen LogP contribution is 2.16. The Balaban J connectivity index is 2.17. The lowest BCUT2D eigenvalue weighted by atomic mass is 9.92. The quantitative estimate of drug-likeness (QED) is 0.823. The van der Waals surface area contributed by atoms with E-state index in [1.54, 1.807) is 0 Å². The second-order valence-electron chi connectivity index (χ2n) is 7.07. The Hall–Kier alpha value is -0.610. The van der Waals surface area contributed by atoms with Gasteiger partial charge in [-0.3, -0.25) is 14.6 Å². The molecule has 0 aromatic rings. The molecule has 1 aliphatic heterocycles. The molecule has 4 heteroatoms. The van der Waals surface area contributed by atoms with Crippen LogP contribution in [0.1, 0.15) is 41.0 Å². The van der Waals surface area contributed by atoms with E-state index >= 15 is 0 Å². The van der Waals surface area contributed by atoms with Gasteiger partial charge in [-0.1, -0.05) is 20.8 Å². The molecule has 112 valence electrons. The average Bonchev–Trinajstić information content (AvgIpc) is 2.27. The largest absolute Gasteiger partial charge is 0.355 e. The van der Waals surface area contributed by atoms with E-state index < -0.39 is 0 Å². The molecule has 0 atom stereocenters. The number of amides is 1. The van der Waals surface area contributed by atoms with Crippen molar-refractivity contribution in [1.82, 2.24) is 15.1 Å². The molecule has 1 amide bonds. The molecule has 0 bridgehead atoms. The monoisotopic (exact) mass is 269 g/mol. The van der Waals surface area contributed by atoms with Crippen molar-refractivity contribution in [3.05, 3.63) is 0 Å². The van der Waals surface area contributed by atoms with E-state index in [-0.39, 0.29) is 11.3 Å². The van der Waals surface area contributed by atoms with Crippen molar-refractivity contribution in [3.63, 3.8) is 0 Å². The SMILES string of the molecule is CC(C)N1CCN(CC(=O)NCCC(C)(C)C)CC1. The van der Waals surface area contributed by atoms with E-state index in [0.717, 1.165) is 39.1 Å². The number of nitrogens with one attached hydrogen (secondary N) is 1. The van der Waals surface area contributed by atoms with Gasteiger partial charge in [-0.05, 0) is 25.7 Å². The molecule has 1 fully saturated rings. The van der Waals surface area contributed by atoms with Crippen LogP contribution in [-0.2, 0) is 4.79 Å². The third kappa shape index (κ3) is 6.92. The smallest absolute Gasteiger partial charge is 0.234 e. The summed E-state index contributed by atoms with van der Waals surface area (Å²) in [5, 5.41) is 3.03. The molecule has 1 saturated heterocycles. The summed E-state index contributed by atoms with van der Waals surface area (Å²) in [7, 11) is 0. The Morgan fingerprint density at radius 2 is 1.74 bits per heavy atom. The molecule has 0 aromatic heterocycles. The van der Waals surface area contributed by atoms with Crippen LogP contribution in [0.2, 0.25) is 0 Å². The van der Waals surface area contributed by atoms with Crippen molar-refractivity contribution in [2.24, 2.45) is 5.41 Å². The summed E-state index contributed by atoms with van der Waals surface area (Å²) in [5.41, 5.74) is 0.288. The molecule has 0 aliphatic carbocycles. The second kappa shape index (κ2) is 7.25. The number of hydrogen-bond acceptors (Lipinski definition) is 3. The number of rotatable bonds is 5. The van der Waals surface area contributed by atoms with E-state index in [1.165, 1.54) is 0 Å². The van der Waals surface area contributed by atoms with Gasteiger partial charge in [-0.15, -0.1) is 0 Å². The minimum Gasteiger partial charge on any atom is -0.355 e. The van der Waals surface area contributed by atoms with Gasteiger partial charge in [0.15, 0.2) is 0 Å². The zero-order valence-corrected chi connectivity index (χ0v) is 13.3. The topological polar surface area (TPSA) is 35.6 Å². The third-order valence-corrected chi connectivity index (χ3v) is 3.70. The van der Waals surface area contributed by atoms with Gasteiger partial charge in [0.25, 0.3) is 0 Å². The summed E-state index contributed by atoms with van der Waals surface area (Å²) in [6.07, 6.45) is 1.03. The van der Waals surface area contributed by atoms with E-state index in [0.29, 0.717) is 12.6 Å². The molecule has 4 nitrogen and oxygen atoms in total. The van der Waals surface area contributed by atoms with Gasteiger partial charge in [0, 0.05) is 38.8 Å². The number of nitrogens with zero attached hydrogens (tertiary/aromatic N) is 2. The Morgan fingerprint density at radius 3 is 2.21 bits per heavy atom. The maximum absolute atomic E-state index is 11.8. The number of carbonyl (C=O) groups excluding carboxylic acids is 1. The zero-order valence-electron chi connectivity index (χ0n) is 13.3. The van der Waals surface area contributed by atoms with Crippen LogP contribution in [-0.4, -0.2) is 61.0 Å². The Morgan fingerprint density at radius 1 is 1.16 bits per heavy atom. The van der Waals surface area contributed by atoms with Crippen molar-refractivity contribution >= 4 is 5.91 Å². The first-order valence-electron chi connectivity index (χ1n) is 7.51. The van der Waals surface area contributed by atoms with Crippen molar-refractivity contribution in [2.45, 2.75) is 47.1 Å². The van der Waals surface area contributed by atoms with E-state index in [9.17, 15) is 4.79 Å². The number of carbonyl (C=O) groups is 1. The van der Waals surface area contributed by atoms with Crippen molar-refractivity contribution in [3.8, 4) is 0 Å². The van der Waals surface area contributed by atoms with Gasteiger partial charge in [-0.2, -0.15) is 0 Å². The fourth-order valence-corrected chi connectivity index (χ4v) is 2.27. The average molecular weight is 269 g/mol. The van der Waals surface area contributed by atoms with Crippen LogP contribution in [0, 0.1) is 5.41 Å². The van der Waals surface area contributed by atoms with E-state index in [4.69, 9.17) is 0 Å². The van der Waals surface area contributed by atoms with E-state index in [1.807, 2.05) is 0 Å². The highest BCUT2D eigenvalue weighted by Gasteiger charge is 2.20. The van der Waals surface area contributed by atoms with Gasteiger partial charge in [0.2, 0.25) is 5.91 Å². The van der Waals surface area contributed by atoms with Crippen molar-refractivity contribution in [2.75, 3.05) is 39.3 Å². The molecule has 0 aromatic carbocycles. The molecular formula is C15H31N3O. The highest BCUT2D eigenvalue weighted by molar-refractivity contribution is 5.77. The minimum atomic E-state index is 0.169. The summed E-state index contributed by atoms with van der Waals surface area (Å²) >= 11 is 0. The minimum absolute atomic E-state index is 0.169. The normalized spacial score (nSPS) is 18.8. The lowest BCUT2D eigenvalue weighted by molar-refractivity contribution is -0.122. The highest BCUT2D eigenvalue weighted by atomic mass is 16.2. The van der Waals surface area contributed by atoms with Crippen molar-refractivity contribution < 1.29 is 4.79 Å². The van der Waals surface area contributed by atoms with Crippen LogP contribution < -0.4 is 5.32 Å². The van der Waals surface area contributed by atoms with Crippen LogP contribution in [0.25, 0.3) is 0 Å². The third-order valence-electron chi connectivity index (χ3n) is 3.70. The molecule has 19 heavy (non-hydrogen) atoms. The van der Waals surface area contributed by atoms with Gasteiger partial charge < -0.3 is 5.32 Å². The molecule has 1 rings (SSSR count). The molecule has 0 unspecified atom stereocenters. The fraction of sp³-hybridized carbons (Fsp3) is 0.933. The van der Waals surface area contributed by atoms with Gasteiger partial charge in [-0.25, -0.2) is 0 Å². The molecule has 1 aliphatic rings. The van der Waals surface area contributed by atoms with Gasteiger partial charge in [0.1, 0.15) is 0 Å². The van der Waals surface area contributed by atoms with Crippen LogP contribution in [0.5, 0.6) is 0 Å². The Bertz CT molecular complexity index is 276. The Kier molecular flexibility index (Phi) is 6.27. The summed E-state index contributed by atoms with van der Waals surface area (Å²) < 4.78 is 0. The van der Waals surface area contributed by atoms with Gasteiger partial charge in [0.05, 0.1) is 6.54 Å². The lowest BCUT2D eigenvalue weighted by Crippen LogP contribution is -2.51. The van der Waals surface area contributed by atoms with Gasteiger partial charge >= 0.3 is 0 Å². The fourth-order valence-electron chi connectivity index (χ4n) is 2.27. The Labute approximate surface area is 118 Å². The van der Waals surface area contributed by atoms with Crippen LogP contribution in [0.4, 0.5) is 0 Å². The lowest BCUT2D eigenvalue weighted by Gasteiger charge is -2.36. The first-order chi connectivity index (χ1) is 8.78. The maximum atomic E-state index is 11.8. The van der Waals surface area contributed by atoms with Crippen LogP contribution in [0.15, 0.2) is 0 Å². The van der Waals surface area contributed by atoms with Crippen LogP contribution in [0.3, 0.4) is 0 Å². The molecule has 0 spiro atoms. The predicted octanol–water partition coefficient (Wildman–Crippen LogP) is 1.56. The number of hydrogen-bond donors (Lipinski definition) is 1. The zero-order chi connectivity index (χ0) is 14.5. The van der Waals surface area contributed by atoms with Crippen LogP contribution >= 0.6 is 0 Å². The summed E-state index contributed by atoms with van der Waals surface area (Å²) in [4.78, 5) is 16.6. The first-order valence-corrected chi connectivity index (χ1v) is 7.51. The summed E-state index contributed by atoms with van der Waals surface area (Å²) in [6.45, 7) is 16.6. The standard InChI is InChI=1S/C15H31N3O/c1-13(2)18-10-8-17(9-11-18)12-14(19)16-7-6-15(3,4)5/h13H,6-12H2,1-5H3,(H,16,19). The second-order valence-corrected chi connectivity index (χ2v) is 7.07. The van der Waals surface area contributed by atoms with E-state index in [2.05, 4.69) is 49.7 Å². The molecule has 1 heterocycles. The molecular weight excluding hydrogens is 238 g/mol. The number of piperazine rings is 1. The summed E-state index contributed by atoms with van der Waals surface area (Å²) in [5.74, 6) is 0.169. The van der Waals surface area contributed by atoms with Crippen molar-refractivity contribution in [1.29, 1.82) is 0 Å². The predicted molar refractivity (Wildman–Crippen MR) is 80.2 cm³/mol. The molecule has 0 saturated carbocycles. The summed E-state index contributed by atoms with van der Waals surface area (Å²) in [6, 6.07) is 0.614. The maximum Gasteiger partial charge on any atom is 0.234 e. The molecule has 1 N–H and O–H groups in total. The molecule has 0 radical (unpaired) electrons.